The summed E-state index contributed by atoms with van der Waals surface area (Å²) in [7, 11) is 1.83. The van der Waals surface area contributed by atoms with Gasteiger partial charge in [-0.3, -0.25) is 0 Å². The van der Waals surface area contributed by atoms with E-state index in [1.165, 1.54) is 16.7 Å². The van der Waals surface area contributed by atoms with Crippen molar-refractivity contribution in [2.24, 2.45) is 0 Å². The minimum atomic E-state index is -0.160. The molecule has 1 aromatic carbocycles. The Kier molecular flexibility index (Phi) is 5.19. The van der Waals surface area contributed by atoms with Crippen molar-refractivity contribution in [3.05, 3.63) is 34.9 Å². The first-order valence-corrected chi connectivity index (χ1v) is 7.57. The summed E-state index contributed by atoms with van der Waals surface area (Å²) in [4.78, 5) is 0. The standard InChI is InChI=1S/C17H27NO2/c1-5-18-16(15-8-6-7-13(2)14(15)3)17(19-4)9-11-20-12-10-17/h6-8,16,18H,5,9-12H2,1-4H3. The second-order valence-corrected chi connectivity index (χ2v) is 5.66. The summed E-state index contributed by atoms with van der Waals surface area (Å²) >= 11 is 0. The van der Waals surface area contributed by atoms with Crippen LogP contribution < -0.4 is 5.32 Å². The Morgan fingerprint density at radius 1 is 1.30 bits per heavy atom. The lowest BCUT2D eigenvalue weighted by molar-refractivity contribution is -0.111. The van der Waals surface area contributed by atoms with E-state index in [4.69, 9.17) is 9.47 Å². The van der Waals surface area contributed by atoms with Crippen molar-refractivity contribution >= 4 is 0 Å². The molecule has 2 rings (SSSR count). The van der Waals surface area contributed by atoms with Crippen molar-refractivity contribution in [3.63, 3.8) is 0 Å². The number of nitrogens with one attached hydrogen (secondary N) is 1. The van der Waals surface area contributed by atoms with E-state index in [0.29, 0.717) is 0 Å². The average molecular weight is 277 g/mol. The van der Waals surface area contributed by atoms with Crippen LogP contribution in [0.3, 0.4) is 0 Å². The van der Waals surface area contributed by atoms with Crippen molar-refractivity contribution in [3.8, 4) is 0 Å². The fraction of sp³-hybridized carbons (Fsp3) is 0.647. The van der Waals surface area contributed by atoms with Crippen LogP contribution >= 0.6 is 0 Å². The Labute approximate surface area is 122 Å². The molecule has 1 N–H and O–H groups in total. The van der Waals surface area contributed by atoms with Crippen LogP contribution in [0.5, 0.6) is 0 Å². The van der Waals surface area contributed by atoms with Crippen molar-refractivity contribution in [1.29, 1.82) is 0 Å². The van der Waals surface area contributed by atoms with Crippen LogP contribution in [0.25, 0.3) is 0 Å². The van der Waals surface area contributed by atoms with E-state index in [2.05, 4.69) is 44.3 Å². The summed E-state index contributed by atoms with van der Waals surface area (Å²) in [5.41, 5.74) is 3.90. The minimum Gasteiger partial charge on any atom is -0.381 e. The first kappa shape index (κ1) is 15.5. The van der Waals surface area contributed by atoms with Gasteiger partial charge in [-0.05, 0) is 37.1 Å². The van der Waals surface area contributed by atoms with Gasteiger partial charge in [-0.1, -0.05) is 25.1 Å². The van der Waals surface area contributed by atoms with Gasteiger partial charge in [0.25, 0.3) is 0 Å². The molecule has 0 bridgehead atoms. The fourth-order valence-electron chi connectivity index (χ4n) is 3.20. The third kappa shape index (κ3) is 2.90. The van der Waals surface area contributed by atoms with E-state index in [1.54, 1.807) is 0 Å². The van der Waals surface area contributed by atoms with Crippen molar-refractivity contribution in [1.82, 2.24) is 5.32 Å². The van der Waals surface area contributed by atoms with Gasteiger partial charge in [-0.15, -0.1) is 0 Å². The zero-order valence-electron chi connectivity index (χ0n) is 13.2. The summed E-state index contributed by atoms with van der Waals surface area (Å²) in [6.45, 7) is 9.02. The number of benzene rings is 1. The number of hydrogen-bond donors (Lipinski definition) is 1. The van der Waals surface area contributed by atoms with Crippen LogP contribution in [0.4, 0.5) is 0 Å². The Bertz CT molecular complexity index is 439. The molecule has 0 spiro atoms. The van der Waals surface area contributed by atoms with Gasteiger partial charge in [-0.2, -0.15) is 0 Å². The molecule has 3 nitrogen and oxygen atoms in total. The molecule has 1 atom stereocenters. The molecule has 112 valence electrons. The molecule has 0 radical (unpaired) electrons. The second-order valence-electron chi connectivity index (χ2n) is 5.66. The van der Waals surface area contributed by atoms with Crippen LogP contribution in [-0.4, -0.2) is 32.5 Å². The highest BCUT2D eigenvalue weighted by molar-refractivity contribution is 5.37. The number of ether oxygens (including phenoxy) is 2. The van der Waals surface area contributed by atoms with Gasteiger partial charge >= 0.3 is 0 Å². The highest BCUT2D eigenvalue weighted by Gasteiger charge is 2.41. The smallest absolute Gasteiger partial charge is 0.0916 e. The molecule has 1 aromatic rings. The number of hydrogen-bond acceptors (Lipinski definition) is 3. The maximum atomic E-state index is 6.00. The molecule has 20 heavy (non-hydrogen) atoms. The first-order valence-electron chi connectivity index (χ1n) is 7.57. The Morgan fingerprint density at radius 2 is 2.00 bits per heavy atom. The van der Waals surface area contributed by atoms with Crippen molar-refractivity contribution < 1.29 is 9.47 Å². The van der Waals surface area contributed by atoms with E-state index in [1.807, 2.05) is 7.11 Å². The lowest BCUT2D eigenvalue weighted by atomic mass is 9.80. The van der Waals surface area contributed by atoms with E-state index in [-0.39, 0.29) is 11.6 Å². The van der Waals surface area contributed by atoms with E-state index in [0.717, 1.165) is 32.6 Å². The summed E-state index contributed by atoms with van der Waals surface area (Å²) in [6, 6.07) is 6.77. The Morgan fingerprint density at radius 3 is 2.60 bits per heavy atom. The molecule has 1 fully saturated rings. The summed E-state index contributed by atoms with van der Waals surface area (Å²) in [5.74, 6) is 0. The molecule has 0 saturated carbocycles. The molecule has 1 saturated heterocycles. The minimum absolute atomic E-state index is 0.160. The monoisotopic (exact) mass is 277 g/mol. The number of likely N-dealkylation sites (N-methyl/N-ethyl adjacent to an activating group) is 1. The quantitative estimate of drug-likeness (QED) is 0.897. The zero-order valence-corrected chi connectivity index (χ0v) is 13.2. The maximum absolute atomic E-state index is 6.00. The first-order chi connectivity index (χ1) is 9.64. The second kappa shape index (κ2) is 6.70. The van der Waals surface area contributed by atoms with Gasteiger partial charge in [0.1, 0.15) is 0 Å². The molecule has 0 aliphatic carbocycles. The number of methoxy groups -OCH3 is 1. The fourth-order valence-corrected chi connectivity index (χ4v) is 3.20. The predicted octanol–water partition coefficient (Wildman–Crippen LogP) is 3.15. The predicted molar refractivity (Wildman–Crippen MR) is 82.1 cm³/mol. The van der Waals surface area contributed by atoms with Crippen molar-refractivity contribution in [2.45, 2.75) is 45.3 Å². The van der Waals surface area contributed by atoms with Crippen LogP contribution in [0.15, 0.2) is 18.2 Å². The van der Waals surface area contributed by atoms with E-state index < -0.39 is 0 Å². The molecular formula is C17H27NO2. The highest BCUT2D eigenvalue weighted by atomic mass is 16.5. The molecule has 0 aromatic heterocycles. The van der Waals surface area contributed by atoms with E-state index in [9.17, 15) is 0 Å². The lowest BCUT2D eigenvalue weighted by Gasteiger charge is -2.43. The molecular weight excluding hydrogens is 250 g/mol. The van der Waals surface area contributed by atoms with Gasteiger partial charge in [0, 0.05) is 33.2 Å². The van der Waals surface area contributed by atoms with Crippen LogP contribution in [0.1, 0.15) is 42.5 Å². The maximum Gasteiger partial charge on any atom is 0.0916 e. The zero-order chi connectivity index (χ0) is 14.6. The van der Waals surface area contributed by atoms with Gasteiger partial charge < -0.3 is 14.8 Å². The van der Waals surface area contributed by atoms with Gasteiger partial charge in [0.05, 0.1) is 11.6 Å². The summed E-state index contributed by atoms with van der Waals surface area (Å²) in [6.07, 6.45) is 1.88. The Hall–Kier alpha value is -0.900. The Balaban J connectivity index is 2.41. The largest absolute Gasteiger partial charge is 0.381 e. The van der Waals surface area contributed by atoms with Gasteiger partial charge in [-0.25, -0.2) is 0 Å². The van der Waals surface area contributed by atoms with Gasteiger partial charge in [0.2, 0.25) is 0 Å². The highest BCUT2D eigenvalue weighted by Crippen LogP contribution is 2.38. The summed E-state index contributed by atoms with van der Waals surface area (Å²) < 4.78 is 11.5. The molecule has 1 unspecified atom stereocenters. The number of rotatable bonds is 5. The van der Waals surface area contributed by atoms with Crippen LogP contribution in [0.2, 0.25) is 0 Å². The normalized spacial score (nSPS) is 19.8. The van der Waals surface area contributed by atoms with Gasteiger partial charge in [0.15, 0.2) is 0 Å². The summed E-state index contributed by atoms with van der Waals surface area (Å²) in [5, 5.41) is 3.65. The van der Waals surface area contributed by atoms with Crippen LogP contribution in [0, 0.1) is 13.8 Å². The average Bonchev–Trinajstić information content (AvgIpc) is 2.49. The third-order valence-corrected chi connectivity index (χ3v) is 4.64. The number of aryl methyl sites for hydroxylation is 1. The molecule has 1 heterocycles. The van der Waals surface area contributed by atoms with Crippen LogP contribution in [-0.2, 0) is 9.47 Å². The molecule has 1 aliphatic rings. The van der Waals surface area contributed by atoms with E-state index >= 15 is 0 Å². The lowest BCUT2D eigenvalue weighted by Crippen LogP contribution is -2.49. The SMILES string of the molecule is CCNC(c1cccc(C)c1C)C1(OC)CCOCC1. The molecule has 0 amide bonds. The van der Waals surface area contributed by atoms with Crippen molar-refractivity contribution in [2.75, 3.05) is 26.9 Å². The topological polar surface area (TPSA) is 30.5 Å². The third-order valence-electron chi connectivity index (χ3n) is 4.64. The molecule has 3 heteroatoms. The molecule has 1 aliphatic heterocycles.